The van der Waals surface area contributed by atoms with Crippen molar-refractivity contribution in [3.8, 4) is 62.1 Å². The van der Waals surface area contributed by atoms with Crippen molar-refractivity contribution in [2.24, 2.45) is 0 Å². The molecule has 0 amide bonds. The topological polar surface area (TPSA) is 56.7 Å². The molecular weight excluding hydrogens is 685 g/mol. The van der Waals surface area contributed by atoms with E-state index >= 15 is 0 Å². The molecule has 0 aliphatic heterocycles. The van der Waals surface area contributed by atoms with Gasteiger partial charge in [-0.15, -0.1) is 0 Å². The molecule has 0 N–H and O–H groups in total. The molecule has 11 aromatic rings. The highest BCUT2D eigenvalue weighted by atomic mass is 16.3. The van der Waals surface area contributed by atoms with Gasteiger partial charge in [-0.25, -0.2) is 15.0 Å². The fourth-order valence-electron chi connectivity index (χ4n) is 8.03. The minimum Gasteiger partial charge on any atom is -0.455 e. The van der Waals surface area contributed by atoms with Crippen molar-refractivity contribution in [3.05, 3.63) is 194 Å². The first-order valence-corrected chi connectivity index (χ1v) is 18.8. The van der Waals surface area contributed by atoms with Crippen LogP contribution in [-0.4, -0.2) is 19.5 Å². The van der Waals surface area contributed by atoms with E-state index in [1.54, 1.807) is 0 Å². The summed E-state index contributed by atoms with van der Waals surface area (Å²) in [6.07, 6.45) is 0. The van der Waals surface area contributed by atoms with Crippen molar-refractivity contribution in [1.29, 1.82) is 0 Å². The molecule has 0 saturated heterocycles. The largest absolute Gasteiger partial charge is 0.455 e. The zero-order valence-electron chi connectivity index (χ0n) is 30.2. The molecule has 11 rings (SSSR count). The predicted molar refractivity (Wildman–Crippen MR) is 229 cm³/mol. The molecule has 5 nitrogen and oxygen atoms in total. The maximum atomic E-state index is 6.94. The van der Waals surface area contributed by atoms with Crippen molar-refractivity contribution >= 4 is 43.7 Å². The minimum absolute atomic E-state index is 0.590. The summed E-state index contributed by atoms with van der Waals surface area (Å²) >= 11 is 0. The lowest BCUT2D eigenvalue weighted by Crippen LogP contribution is -2.01. The van der Waals surface area contributed by atoms with Gasteiger partial charge in [-0.3, -0.25) is 0 Å². The molecule has 56 heavy (non-hydrogen) atoms. The summed E-state index contributed by atoms with van der Waals surface area (Å²) < 4.78 is 9.29. The number of fused-ring (bicyclic) bond motifs is 6. The van der Waals surface area contributed by atoms with Crippen LogP contribution in [0.3, 0.4) is 0 Å². The molecule has 0 saturated carbocycles. The number of nitrogens with zero attached hydrogens (tertiary/aromatic N) is 4. The smallest absolute Gasteiger partial charge is 0.164 e. The quantitative estimate of drug-likeness (QED) is 0.172. The van der Waals surface area contributed by atoms with E-state index in [2.05, 4.69) is 132 Å². The highest BCUT2D eigenvalue weighted by Gasteiger charge is 2.22. The maximum Gasteiger partial charge on any atom is 0.164 e. The van der Waals surface area contributed by atoms with Gasteiger partial charge >= 0.3 is 0 Å². The molecule has 5 heteroatoms. The van der Waals surface area contributed by atoms with Crippen molar-refractivity contribution in [1.82, 2.24) is 19.5 Å². The average Bonchev–Trinajstić information content (AvgIpc) is 3.81. The molecule has 0 bridgehead atoms. The molecule has 0 aliphatic rings. The molecule has 0 unspecified atom stereocenters. The summed E-state index contributed by atoms with van der Waals surface area (Å²) in [5.74, 6) is 1.82. The molecule has 0 radical (unpaired) electrons. The molecule has 0 atom stereocenters. The van der Waals surface area contributed by atoms with Gasteiger partial charge in [0.05, 0.1) is 11.0 Å². The van der Waals surface area contributed by atoms with Gasteiger partial charge in [0.15, 0.2) is 17.5 Å². The molecule has 8 aromatic carbocycles. The number of furan rings is 1. The Labute approximate surface area is 322 Å². The number of aromatic nitrogens is 4. The lowest BCUT2D eigenvalue weighted by atomic mass is 9.93. The Bertz CT molecular complexity index is 3170. The number of hydrogen-bond acceptors (Lipinski definition) is 4. The Hall–Kier alpha value is -7.63. The Morgan fingerprint density at radius 3 is 1.62 bits per heavy atom. The van der Waals surface area contributed by atoms with Gasteiger partial charge in [0.1, 0.15) is 11.2 Å². The van der Waals surface area contributed by atoms with Crippen molar-refractivity contribution in [2.75, 3.05) is 0 Å². The molecular formula is C51H32N4O. The lowest BCUT2D eigenvalue weighted by Gasteiger charge is -2.14. The highest BCUT2D eigenvalue weighted by molar-refractivity contribution is 6.18. The summed E-state index contributed by atoms with van der Waals surface area (Å²) in [6.45, 7) is 0. The third-order valence-electron chi connectivity index (χ3n) is 10.7. The van der Waals surface area contributed by atoms with Crippen LogP contribution in [0.25, 0.3) is 106 Å². The van der Waals surface area contributed by atoms with Gasteiger partial charge in [0.25, 0.3) is 0 Å². The summed E-state index contributed by atoms with van der Waals surface area (Å²) in [6, 6.07) is 67.3. The number of benzene rings is 8. The van der Waals surface area contributed by atoms with E-state index < -0.39 is 0 Å². The van der Waals surface area contributed by atoms with Crippen molar-refractivity contribution in [3.63, 3.8) is 0 Å². The fraction of sp³-hybridized carbons (Fsp3) is 0. The van der Waals surface area contributed by atoms with Crippen LogP contribution in [-0.2, 0) is 0 Å². The molecule has 3 aromatic heterocycles. The number of rotatable bonds is 6. The Kier molecular flexibility index (Phi) is 7.42. The Balaban J connectivity index is 1.17. The standard InChI is InChI=1S/C51H32N4O/c1-5-16-33(17-6-1)36-28-29-38(44(30-36)51-53-49(34-18-7-2-8-19-34)52-50(54-51)35-20-9-3-10-21-35)40-25-15-26-41-43-31-46-42(32-47(43)56-48(40)41)39-24-13-14-27-45(39)55(46)37-22-11-4-12-23-37/h1-32H. The van der Waals surface area contributed by atoms with Gasteiger partial charge in [-0.05, 0) is 53.1 Å². The lowest BCUT2D eigenvalue weighted by molar-refractivity contribution is 0.670. The van der Waals surface area contributed by atoms with Crippen molar-refractivity contribution in [2.45, 2.75) is 0 Å². The second kappa shape index (κ2) is 13.0. The minimum atomic E-state index is 0.590. The number of hydrogen-bond donors (Lipinski definition) is 0. The van der Waals surface area contributed by atoms with E-state index in [1.807, 2.05) is 66.7 Å². The van der Waals surface area contributed by atoms with Crippen LogP contribution in [0.5, 0.6) is 0 Å². The molecule has 3 heterocycles. The van der Waals surface area contributed by atoms with Gasteiger partial charge in [-0.1, -0.05) is 158 Å². The second-order valence-electron chi connectivity index (χ2n) is 14.0. The SMILES string of the molecule is c1ccc(-c2ccc(-c3cccc4c3oc3cc5c6ccccc6n(-c6ccccc6)c5cc34)c(-c3nc(-c4ccccc4)nc(-c4ccccc4)n3)c2)cc1. The Morgan fingerprint density at radius 2 is 0.929 bits per heavy atom. The van der Waals surface area contributed by atoms with E-state index in [0.717, 1.165) is 83.0 Å². The molecule has 0 fully saturated rings. The van der Waals surface area contributed by atoms with Crippen LogP contribution in [0, 0.1) is 0 Å². The third-order valence-corrected chi connectivity index (χ3v) is 10.7. The first-order valence-electron chi connectivity index (χ1n) is 18.8. The van der Waals surface area contributed by atoms with Gasteiger partial charge in [0, 0.05) is 49.5 Å². The summed E-state index contributed by atoms with van der Waals surface area (Å²) in [4.78, 5) is 15.4. The van der Waals surface area contributed by atoms with E-state index in [-0.39, 0.29) is 0 Å². The van der Waals surface area contributed by atoms with Crippen LogP contribution in [0.15, 0.2) is 199 Å². The van der Waals surface area contributed by atoms with E-state index in [1.165, 1.54) is 5.39 Å². The van der Waals surface area contributed by atoms with Crippen molar-refractivity contribution < 1.29 is 4.42 Å². The first kappa shape index (κ1) is 31.9. The number of para-hydroxylation sites is 3. The third kappa shape index (κ3) is 5.29. The summed E-state index contributed by atoms with van der Waals surface area (Å²) in [7, 11) is 0. The van der Waals surface area contributed by atoms with Crippen LogP contribution >= 0.6 is 0 Å². The average molecular weight is 717 g/mol. The Morgan fingerprint density at radius 1 is 0.339 bits per heavy atom. The zero-order chi connectivity index (χ0) is 37.0. The van der Waals surface area contributed by atoms with Gasteiger partial charge in [0.2, 0.25) is 0 Å². The van der Waals surface area contributed by atoms with E-state index in [9.17, 15) is 0 Å². The van der Waals surface area contributed by atoms with Gasteiger partial charge in [-0.2, -0.15) is 0 Å². The highest BCUT2D eigenvalue weighted by Crippen LogP contribution is 2.43. The van der Waals surface area contributed by atoms with E-state index in [0.29, 0.717) is 17.5 Å². The molecule has 262 valence electrons. The zero-order valence-corrected chi connectivity index (χ0v) is 30.2. The molecule has 0 spiro atoms. The van der Waals surface area contributed by atoms with Crippen LogP contribution < -0.4 is 0 Å². The van der Waals surface area contributed by atoms with Crippen LogP contribution in [0.2, 0.25) is 0 Å². The monoisotopic (exact) mass is 716 g/mol. The predicted octanol–water partition coefficient (Wildman–Crippen LogP) is 13.2. The normalized spacial score (nSPS) is 11.6. The van der Waals surface area contributed by atoms with Gasteiger partial charge < -0.3 is 8.98 Å². The van der Waals surface area contributed by atoms with E-state index in [4.69, 9.17) is 19.4 Å². The molecule has 0 aliphatic carbocycles. The summed E-state index contributed by atoms with van der Waals surface area (Å²) in [5, 5.41) is 4.45. The fourth-order valence-corrected chi connectivity index (χ4v) is 8.03. The first-order chi connectivity index (χ1) is 27.8. The summed E-state index contributed by atoms with van der Waals surface area (Å²) in [5.41, 5.74) is 11.9. The second-order valence-corrected chi connectivity index (χ2v) is 14.0. The van der Waals surface area contributed by atoms with Crippen LogP contribution in [0.4, 0.5) is 0 Å². The maximum absolute atomic E-state index is 6.94. The van der Waals surface area contributed by atoms with Crippen LogP contribution in [0.1, 0.15) is 0 Å².